The maximum Gasteiger partial charge on any atom is 0.257 e. The minimum absolute atomic E-state index is 0.00962. The van der Waals surface area contributed by atoms with Gasteiger partial charge < -0.3 is 11.1 Å². The van der Waals surface area contributed by atoms with Crippen LogP contribution in [0.15, 0.2) is 36.4 Å². The third kappa shape index (κ3) is 3.20. The Hall–Kier alpha value is -2.14. The molecule has 0 spiro atoms. The molecule has 6 heteroatoms. The van der Waals surface area contributed by atoms with Crippen LogP contribution in [0.4, 0.5) is 20.2 Å². The first-order chi connectivity index (χ1) is 8.95. The van der Waals surface area contributed by atoms with E-state index in [1.165, 1.54) is 18.2 Å². The van der Waals surface area contributed by atoms with Gasteiger partial charge in [0.1, 0.15) is 11.6 Å². The van der Waals surface area contributed by atoms with Crippen LogP contribution >= 0.6 is 11.6 Å². The Morgan fingerprint density at radius 1 is 1.11 bits per heavy atom. The molecule has 0 radical (unpaired) electrons. The summed E-state index contributed by atoms with van der Waals surface area (Å²) in [5.74, 6) is -2.13. The Bertz CT molecular complexity index is 626. The molecule has 3 nitrogen and oxygen atoms in total. The molecule has 0 saturated heterocycles. The van der Waals surface area contributed by atoms with Gasteiger partial charge in [0.2, 0.25) is 0 Å². The molecule has 3 N–H and O–H groups in total. The number of carbonyl (C=O) groups is 1. The van der Waals surface area contributed by atoms with Crippen molar-refractivity contribution in [2.45, 2.75) is 0 Å². The molecule has 2 aromatic carbocycles. The Balaban J connectivity index is 2.25. The van der Waals surface area contributed by atoms with E-state index >= 15 is 0 Å². The number of benzene rings is 2. The number of rotatable bonds is 2. The number of nitrogen functional groups attached to an aromatic ring is 1. The first kappa shape index (κ1) is 13.3. The fraction of sp³-hybridized carbons (Fsp3) is 0. The fourth-order valence-corrected chi connectivity index (χ4v) is 1.81. The molecule has 0 aromatic heterocycles. The number of nitrogens with one attached hydrogen (secondary N) is 1. The minimum atomic E-state index is -0.779. The van der Waals surface area contributed by atoms with Crippen LogP contribution in [-0.4, -0.2) is 5.91 Å². The van der Waals surface area contributed by atoms with Gasteiger partial charge in [-0.05, 0) is 30.3 Å². The van der Waals surface area contributed by atoms with Crippen molar-refractivity contribution in [1.82, 2.24) is 0 Å². The Morgan fingerprint density at radius 3 is 2.32 bits per heavy atom. The van der Waals surface area contributed by atoms with Crippen LogP contribution in [-0.2, 0) is 0 Å². The molecule has 2 aromatic rings. The number of nitrogens with two attached hydrogens (primary N) is 1. The molecule has 0 fully saturated rings. The van der Waals surface area contributed by atoms with E-state index in [2.05, 4.69) is 5.32 Å². The van der Waals surface area contributed by atoms with Crippen LogP contribution in [0.2, 0.25) is 5.02 Å². The van der Waals surface area contributed by atoms with E-state index in [9.17, 15) is 13.6 Å². The van der Waals surface area contributed by atoms with Crippen molar-refractivity contribution in [1.29, 1.82) is 0 Å². The topological polar surface area (TPSA) is 55.1 Å². The summed E-state index contributed by atoms with van der Waals surface area (Å²) in [6.45, 7) is 0. The molecule has 98 valence electrons. The number of hydrogen-bond acceptors (Lipinski definition) is 2. The summed E-state index contributed by atoms with van der Waals surface area (Å²) >= 11 is 5.86. The smallest absolute Gasteiger partial charge is 0.257 e. The van der Waals surface area contributed by atoms with E-state index in [0.717, 1.165) is 12.1 Å². The second-order valence-electron chi connectivity index (χ2n) is 3.85. The summed E-state index contributed by atoms with van der Waals surface area (Å²) in [7, 11) is 0. The molecule has 0 aliphatic carbocycles. The summed E-state index contributed by atoms with van der Waals surface area (Å²) < 4.78 is 26.0. The van der Waals surface area contributed by atoms with Crippen LogP contribution in [0.1, 0.15) is 10.4 Å². The average molecular weight is 283 g/mol. The highest BCUT2D eigenvalue weighted by atomic mass is 35.5. The lowest BCUT2D eigenvalue weighted by molar-refractivity contribution is 0.102. The number of carbonyl (C=O) groups excluding carboxylic acids is 1. The lowest BCUT2D eigenvalue weighted by Gasteiger charge is -2.07. The molecule has 0 saturated carbocycles. The first-order valence-electron chi connectivity index (χ1n) is 5.28. The van der Waals surface area contributed by atoms with Gasteiger partial charge in [-0.1, -0.05) is 11.6 Å². The Kier molecular flexibility index (Phi) is 3.66. The first-order valence-corrected chi connectivity index (χ1v) is 5.66. The lowest BCUT2D eigenvalue weighted by atomic mass is 10.2. The highest BCUT2D eigenvalue weighted by Gasteiger charge is 2.11. The molecular formula is C13H9ClF2N2O. The second-order valence-corrected chi connectivity index (χ2v) is 4.26. The van der Waals surface area contributed by atoms with E-state index in [0.29, 0.717) is 11.8 Å². The molecule has 0 aliphatic heterocycles. The van der Waals surface area contributed by atoms with Crippen LogP contribution in [0.5, 0.6) is 0 Å². The van der Waals surface area contributed by atoms with Crippen molar-refractivity contribution in [3.8, 4) is 0 Å². The second kappa shape index (κ2) is 5.24. The predicted octanol–water partition coefficient (Wildman–Crippen LogP) is 3.45. The highest BCUT2D eigenvalue weighted by Crippen LogP contribution is 2.21. The van der Waals surface area contributed by atoms with Gasteiger partial charge >= 0.3 is 0 Å². The number of halogens is 3. The van der Waals surface area contributed by atoms with Crippen molar-refractivity contribution in [3.05, 3.63) is 58.6 Å². The fourth-order valence-electron chi connectivity index (χ4n) is 1.54. The van der Waals surface area contributed by atoms with Gasteiger partial charge in [-0.3, -0.25) is 4.79 Å². The van der Waals surface area contributed by atoms with Gasteiger partial charge in [0.25, 0.3) is 5.91 Å². The molecule has 2 rings (SSSR count). The van der Waals surface area contributed by atoms with Crippen molar-refractivity contribution in [3.63, 3.8) is 0 Å². The van der Waals surface area contributed by atoms with Crippen LogP contribution < -0.4 is 11.1 Å². The van der Waals surface area contributed by atoms with Crippen molar-refractivity contribution in [2.75, 3.05) is 11.1 Å². The van der Waals surface area contributed by atoms with Gasteiger partial charge in [-0.2, -0.15) is 0 Å². The van der Waals surface area contributed by atoms with E-state index in [-0.39, 0.29) is 16.3 Å². The zero-order chi connectivity index (χ0) is 14.0. The molecule has 0 unspecified atom stereocenters. The highest BCUT2D eigenvalue weighted by molar-refractivity contribution is 6.34. The summed E-state index contributed by atoms with van der Waals surface area (Å²) in [5, 5.41) is 2.52. The maximum absolute atomic E-state index is 13.0. The van der Waals surface area contributed by atoms with Gasteiger partial charge in [0, 0.05) is 17.4 Å². The lowest BCUT2D eigenvalue weighted by Crippen LogP contribution is -2.13. The van der Waals surface area contributed by atoms with Crippen molar-refractivity contribution >= 4 is 28.9 Å². The summed E-state index contributed by atoms with van der Waals surface area (Å²) in [6, 6.07) is 7.09. The van der Waals surface area contributed by atoms with E-state index < -0.39 is 17.5 Å². The van der Waals surface area contributed by atoms with E-state index in [1.54, 1.807) is 0 Å². The van der Waals surface area contributed by atoms with Crippen LogP contribution in [0.3, 0.4) is 0 Å². The minimum Gasteiger partial charge on any atom is -0.399 e. The standard InChI is InChI=1S/C13H9ClF2N2O/c14-12-6-9(17)1-2-11(12)13(19)18-10-4-7(15)3-8(16)5-10/h1-6H,17H2,(H,18,19). The molecule has 0 aliphatic rings. The molecule has 0 atom stereocenters. The van der Waals surface area contributed by atoms with Gasteiger partial charge in [-0.15, -0.1) is 0 Å². The molecule has 0 heterocycles. The normalized spacial score (nSPS) is 10.3. The SMILES string of the molecule is Nc1ccc(C(=O)Nc2cc(F)cc(F)c2)c(Cl)c1. The zero-order valence-electron chi connectivity index (χ0n) is 9.58. The monoisotopic (exact) mass is 282 g/mol. The van der Waals surface area contributed by atoms with Gasteiger partial charge in [0.15, 0.2) is 0 Å². The predicted molar refractivity (Wildman–Crippen MR) is 70.2 cm³/mol. The third-order valence-electron chi connectivity index (χ3n) is 2.36. The largest absolute Gasteiger partial charge is 0.399 e. The number of hydrogen-bond donors (Lipinski definition) is 2. The van der Waals surface area contributed by atoms with Gasteiger partial charge in [0.05, 0.1) is 10.6 Å². The molecule has 19 heavy (non-hydrogen) atoms. The summed E-state index contributed by atoms with van der Waals surface area (Å²) in [4.78, 5) is 11.9. The van der Waals surface area contributed by atoms with Gasteiger partial charge in [-0.25, -0.2) is 8.78 Å². The average Bonchev–Trinajstić information content (AvgIpc) is 2.26. The van der Waals surface area contributed by atoms with E-state index in [1.807, 2.05) is 0 Å². The van der Waals surface area contributed by atoms with Crippen LogP contribution in [0, 0.1) is 11.6 Å². The Morgan fingerprint density at radius 2 is 1.74 bits per heavy atom. The van der Waals surface area contributed by atoms with Crippen molar-refractivity contribution in [2.24, 2.45) is 0 Å². The number of amides is 1. The number of anilines is 2. The van der Waals surface area contributed by atoms with Crippen molar-refractivity contribution < 1.29 is 13.6 Å². The molecule has 1 amide bonds. The Labute approximate surface area is 113 Å². The quantitative estimate of drug-likeness (QED) is 0.829. The third-order valence-corrected chi connectivity index (χ3v) is 2.67. The summed E-state index contributed by atoms with van der Waals surface area (Å²) in [6.07, 6.45) is 0. The maximum atomic E-state index is 13.0. The molecule has 0 bridgehead atoms. The van der Waals surface area contributed by atoms with E-state index in [4.69, 9.17) is 17.3 Å². The van der Waals surface area contributed by atoms with Crippen LogP contribution in [0.25, 0.3) is 0 Å². The molecular weight excluding hydrogens is 274 g/mol. The zero-order valence-corrected chi connectivity index (χ0v) is 10.3. The summed E-state index contributed by atoms with van der Waals surface area (Å²) in [5.41, 5.74) is 6.10.